The van der Waals surface area contributed by atoms with Gasteiger partial charge in [0.15, 0.2) is 28.9 Å². The fraction of sp³-hybridized carbons (Fsp3) is 0.176. The van der Waals surface area contributed by atoms with Crippen molar-refractivity contribution in [2.75, 3.05) is 16.6 Å². The minimum absolute atomic E-state index is 0.127. The average Bonchev–Trinajstić information content (AvgIpc) is 3.42. The Morgan fingerprint density at radius 2 is 2.04 bits per heavy atom. The number of hydrogen-bond acceptors (Lipinski definition) is 7. The van der Waals surface area contributed by atoms with Crippen molar-refractivity contribution in [2.45, 2.75) is 13.3 Å². The van der Waals surface area contributed by atoms with Gasteiger partial charge in [0.25, 0.3) is 5.91 Å². The van der Waals surface area contributed by atoms with Crippen LogP contribution >= 0.6 is 0 Å². The summed E-state index contributed by atoms with van der Waals surface area (Å²) in [5.41, 5.74) is 3.61. The zero-order valence-electron chi connectivity index (χ0n) is 14.0. The lowest BCUT2D eigenvalue weighted by Gasteiger charge is -2.33. The molecule has 0 atom stereocenters. The number of fused-ring (bicyclic) bond motifs is 3. The van der Waals surface area contributed by atoms with Gasteiger partial charge in [0.2, 0.25) is 5.88 Å². The Labute approximate surface area is 148 Å². The van der Waals surface area contributed by atoms with Crippen LogP contribution in [0.25, 0.3) is 11.6 Å². The van der Waals surface area contributed by atoms with Crippen LogP contribution in [0.5, 0.6) is 0 Å². The van der Waals surface area contributed by atoms with Gasteiger partial charge >= 0.3 is 0 Å². The van der Waals surface area contributed by atoms with Crippen LogP contribution in [0.3, 0.4) is 0 Å². The van der Waals surface area contributed by atoms with Gasteiger partial charge in [0, 0.05) is 12.6 Å². The number of rotatable bonds is 4. The molecule has 2 N–H and O–H groups in total. The lowest BCUT2D eigenvalue weighted by atomic mass is 10.2. The number of aromatic amines is 1. The van der Waals surface area contributed by atoms with E-state index in [0.717, 1.165) is 6.42 Å². The predicted molar refractivity (Wildman–Crippen MR) is 92.5 cm³/mol. The summed E-state index contributed by atoms with van der Waals surface area (Å²) >= 11 is 0. The highest BCUT2D eigenvalue weighted by Crippen LogP contribution is 2.36. The number of hydrazine groups is 2. The summed E-state index contributed by atoms with van der Waals surface area (Å²) in [6.45, 7) is 2.62. The normalized spacial score (nSPS) is 16.1. The van der Waals surface area contributed by atoms with Gasteiger partial charge in [0.1, 0.15) is 0 Å². The average molecular weight is 352 g/mol. The number of H-pyrrole nitrogens is 1. The maximum atomic E-state index is 13.0. The van der Waals surface area contributed by atoms with E-state index in [1.54, 1.807) is 45.6 Å². The van der Waals surface area contributed by atoms with E-state index in [2.05, 4.69) is 15.5 Å². The summed E-state index contributed by atoms with van der Waals surface area (Å²) in [4.78, 5) is 22.4. The molecule has 5 rings (SSSR count). The van der Waals surface area contributed by atoms with Crippen molar-refractivity contribution in [3.63, 3.8) is 0 Å². The van der Waals surface area contributed by atoms with E-state index < -0.39 is 0 Å². The van der Waals surface area contributed by atoms with Crippen molar-refractivity contribution in [3.05, 3.63) is 54.5 Å². The molecule has 132 valence electrons. The van der Waals surface area contributed by atoms with Crippen molar-refractivity contribution in [2.24, 2.45) is 0 Å². The van der Waals surface area contributed by atoms with E-state index in [4.69, 9.17) is 8.83 Å². The fourth-order valence-corrected chi connectivity index (χ4v) is 3.11. The van der Waals surface area contributed by atoms with Crippen LogP contribution in [0, 0.1) is 0 Å². The quantitative estimate of drug-likeness (QED) is 0.745. The first-order valence-electron chi connectivity index (χ1n) is 8.33. The topological polar surface area (TPSA) is 93.8 Å². The second-order valence-electron chi connectivity index (χ2n) is 5.96. The van der Waals surface area contributed by atoms with E-state index >= 15 is 0 Å². The van der Waals surface area contributed by atoms with Gasteiger partial charge in [-0.15, -0.1) is 5.53 Å². The Balaban J connectivity index is 1.60. The molecule has 0 unspecified atom stereocenters. The highest BCUT2D eigenvalue weighted by atomic mass is 16.4. The third-order valence-electron chi connectivity index (χ3n) is 4.26. The third-order valence-corrected chi connectivity index (χ3v) is 4.26. The van der Waals surface area contributed by atoms with Gasteiger partial charge < -0.3 is 13.8 Å². The number of aromatic nitrogens is 2. The standard InChI is InChI=1S/C17H16N6O3/c1-2-7-21-12-10-22(13-6-4-9-26-13)20-23(12)16-14(17(21)24)18-15(19-16)11-5-3-8-25-11/h3-6,8-10,20H,2,7H2,1H3,(H,18,19). The molecule has 3 aromatic rings. The molecule has 5 heterocycles. The second-order valence-corrected chi connectivity index (χ2v) is 5.96. The number of amides is 1. The molecule has 0 saturated heterocycles. The first-order chi connectivity index (χ1) is 12.8. The van der Waals surface area contributed by atoms with Gasteiger partial charge in [-0.25, -0.2) is 15.0 Å². The molecule has 0 aromatic carbocycles. The Bertz CT molecular complexity index is 972. The number of nitrogens with one attached hydrogen (secondary N) is 2. The highest BCUT2D eigenvalue weighted by molar-refractivity contribution is 6.02. The summed E-state index contributed by atoms with van der Waals surface area (Å²) in [6.07, 6.45) is 5.81. The Morgan fingerprint density at radius 1 is 1.19 bits per heavy atom. The molecule has 1 amide bonds. The molecule has 0 fully saturated rings. The van der Waals surface area contributed by atoms with E-state index in [1.165, 1.54) is 0 Å². The van der Waals surface area contributed by atoms with Crippen LogP contribution in [0.4, 0.5) is 11.7 Å². The minimum Gasteiger partial charge on any atom is -0.461 e. The number of nitrogens with zero attached hydrogens (tertiary/aromatic N) is 4. The summed E-state index contributed by atoms with van der Waals surface area (Å²) in [5, 5.41) is 3.47. The molecule has 2 aliphatic heterocycles. The minimum atomic E-state index is -0.127. The maximum Gasteiger partial charge on any atom is 0.279 e. The van der Waals surface area contributed by atoms with E-state index in [-0.39, 0.29) is 5.91 Å². The van der Waals surface area contributed by atoms with Gasteiger partial charge in [-0.05, 0) is 24.6 Å². The van der Waals surface area contributed by atoms with Crippen molar-refractivity contribution in [1.29, 1.82) is 0 Å². The lowest BCUT2D eigenvalue weighted by Crippen LogP contribution is -2.49. The molecule has 9 heteroatoms. The zero-order valence-corrected chi connectivity index (χ0v) is 14.0. The molecule has 9 nitrogen and oxygen atoms in total. The number of furan rings is 2. The number of hydrogen-bond donors (Lipinski definition) is 2. The second kappa shape index (κ2) is 5.53. The molecular weight excluding hydrogens is 336 g/mol. The predicted octanol–water partition coefficient (Wildman–Crippen LogP) is 2.67. The molecule has 2 aliphatic rings. The Hall–Kier alpha value is -3.46. The van der Waals surface area contributed by atoms with E-state index in [9.17, 15) is 4.79 Å². The van der Waals surface area contributed by atoms with E-state index in [1.807, 2.05) is 19.2 Å². The van der Waals surface area contributed by atoms with Crippen LogP contribution in [0.1, 0.15) is 23.8 Å². The molecule has 0 saturated carbocycles. The summed E-state index contributed by atoms with van der Waals surface area (Å²) in [5.74, 6) is 2.75. The molecule has 3 aromatic heterocycles. The lowest BCUT2D eigenvalue weighted by molar-refractivity contribution is 0.0786. The van der Waals surface area contributed by atoms with Crippen LogP contribution in [0.2, 0.25) is 0 Å². The molecule has 0 bridgehead atoms. The van der Waals surface area contributed by atoms with Gasteiger partial charge in [0.05, 0.1) is 18.7 Å². The number of carbonyl (C=O) groups excluding carboxylic acids is 1. The van der Waals surface area contributed by atoms with Crippen molar-refractivity contribution in [3.8, 4) is 11.6 Å². The zero-order chi connectivity index (χ0) is 17.7. The van der Waals surface area contributed by atoms with Crippen LogP contribution in [0.15, 0.2) is 57.6 Å². The summed E-state index contributed by atoms with van der Waals surface area (Å²) in [7, 11) is 0. The smallest absolute Gasteiger partial charge is 0.279 e. The number of imidazole rings is 1. The first-order valence-corrected chi connectivity index (χ1v) is 8.33. The van der Waals surface area contributed by atoms with Crippen molar-refractivity contribution >= 4 is 17.6 Å². The van der Waals surface area contributed by atoms with Crippen LogP contribution in [-0.4, -0.2) is 27.3 Å². The SMILES string of the molecule is CCCN1C(=O)c2[nH]c(-c3ccco3)nc2N2NN(c3ccco3)C=C12. The van der Waals surface area contributed by atoms with Crippen molar-refractivity contribution in [1.82, 2.24) is 20.4 Å². The highest BCUT2D eigenvalue weighted by Gasteiger charge is 2.41. The monoisotopic (exact) mass is 352 g/mol. The van der Waals surface area contributed by atoms with Gasteiger partial charge in [-0.1, -0.05) is 6.92 Å². The fourth-order valence-electron chi connectivity index (χ4n) is 3.11. The summed E-state index contributed by atoms with van der Waals surface area (Å²) in [6, 6.07) is 7.20. The van der Waals surface area contributed by atoms with Crippen LogP contribution < -0.4 is 15.6 Å². The molecule has 26 heavy (non-hydrogen) atoms. The van der Waals surface area contributed by atoms with Gasteiger partial charge in [-0.3, -0.25) is 9.69 Å². The molecule has 0 spiro atoms. The molecular formula is C17H16N6O3. The summed E-state index contributed by atoms with van der Waals surface area (Å²) < 4.78 is 10.8. The van der Waals surface area contributed by atoms with Crippen molar-refractivity contribution < 1.29 is 13.6 Å². The molecule has 0 aliphatic carbocycles. The Kier molecular flexibility index (Phi) is 3.16. The van der Waals surface area contributed by atoms with Crippen LogP contribution in [-0.2, 0) is 0 Å². The van der Waals surface area contributed by atoms with E-state index in [0.29, 0.717) is 41.3 Å². The largest absolute Gasteiger partial charge is 0.461 e. The third kappa shape index (κ3) is 2.07. The maximum absolute atomic E-state index is 13.0. The molecule has 0 radical (unpaired) electrons. The number of anilines is 2. The first kappa shape index (κ1) is 14.8. The Morgan fingerprint density at radius 3 is 2.77 bits per heavy atom. The van der Waals surface area contributed by atoms with Gasteiger partial charge in [-0.2, -0.15) is 0 Å². The number of carbonyl (C=O) groups is 1.